The molecular weight excluding hydrogens is 498 g/mol. The molecule has 0 bridgehead atoms. The van der Waals surface area contributed by atoms with Crippen molar-refractivity contribution in [1.82, 2.24) is 25.1 Å². The standard InChI is InChI=1S/C25H28BrN5OS/c1-3-17(2)27-22(32)10-6-7-15-33-25-28-24-23(29-30-25)20-8-4-5-9-21(20)31(24)16-18-11-13-19(26)14-12-18/h4-5,8-9,11-14,17H,3,6-7,10,15-16H2,1-2H3,(H,27,32). The van der Waals surface area contributed by atoms with Crippen molar-refractivity contribution in [2.24, 2.45) is 0 Å². The fraction of sp³-hybridized carbons (Fsp3) is 0.360. The third kappa shape index (κ3) is 5.92. The molecule has 0 saturated heterocycles. The maximum Gasteiger partial charge on any atom is 0.220 e. The van der Waals surface area contributed by atoms with E-state index in [0.29, 0.717) is 18.1 Å². The van der Waals surface area contributed by atoms with Crippen molar-refractivity contribution < 1.29 is 4.79 Å². The number of unbranched alkanes of at least 4 members (excludes halogenated alkanes) is 1. The van der Waals surface area contributed by atoms with Gasteiger partial charge in [0.1, 0.15) is 5.52 Å². The zero-order valence-electron chi connectivity index (χ0n) is 18.9. The van der Waals surface area contributed by atoms with Gasteiger partial charge in [0.2, 0.25) is 11.1 Å². The largest absolute Gasteiger partial charge is 0.354 e. The predicted molar refractivity (Wildman–Crippen MR) is 139 cm³/mol. The van der Waals surface area contributed by atoms with Crippen LogP contribution in [0.3, 0.4) is 0 Å². The van der Waals surface area contributed by atoms with E-state index in [1.54, 1.807) is 11.8 Å². The highest BCUT2D eigenvalue weighted by atomic mass is 79.9. The van der Waals surface area contributed by atoms with Crippen molar-refractivity contribution >= 4 is 55.7 Å². The van der Waals surface area contributed by atoms with Crippen LogP contribution in [0.2, 0.25) is 0 Å². The molecule has 0 aliphatic carbocycles. The highest BCUT2D eigenvalue weighted by molar-refractivity contribution is 9.10. The first-order valence-corrected chi connectivity index (χ1v) is 13.1. The van der Waals surface area contributed by atoms with Gasteiger partial charge in [-0.25, -0.2) is 4.98 Å². The molecule has 8 heteroatoms. The number of carbonyl (C=O) groups is 1. The molecule has 0 saturated carbocycles. The maximum absolute atomic E-state index is 11.9. The van der Waals surface area contributed by atoms with Crippen LogP contribution in [-0.4, -0.2) is 37.5 Å². The number of para-hydroxylation sites is 1. The van der Waals surface area contributed by atoms with Gasteiger partial charge in [0.15, 0.2) is 5.65 Å². The van der Waals surface area contributed by atoms with E-state index in [4.69, 9.17) is 4.98 Å². The Labute approximate surface area is 206 Å². The first-order chi connectivity index (χ1) is 16.0. The summed E-state index contributed by atoms with van der Waals surface area (Å²) >= 11 is 5.10. The number of hydrogen-bond acceptors (Lipinski definition) is 5. The van der Waals surface area contributed by atoms with Crippen molar-refractivity contribution in [2.45, 2.75) is 57.3 Å². The average molecular weight is 527 g/mol. The van der Waals surface area contributed by atoms with Crippen LogP contribution in [-0.2, 0) is 11.3 Å². The van der Waals surface area contributed by atoms with Crippen LogP contribution in [0.4, 0.5) is 0 Å². The summed E-state index contributed by atoms with van der Waals surface area (Å²) in [6, 6.07) is 16.8. The fourth-order valence-electron chi connectivity index (χ4n) is 3.68. The van der Waals surface area contributed by atoms with E-state index < -0.39 is 0 Å². The summed E-state index contributed by atoms with van der Waals surface area (Å²) in [5.74, 6) is 0.989. The predicted octanol–water partition coefficient (Wildman–Crippen LogP) is 5.97. The minimum atomic E-state index is 0.131. The summed E-state index contributed by atoms with van der Waals surface area (Å²) in [4.78, 5) is 16.8. The molecule has 0 radical (unpaired) electrons. The van der Waals surface area contributed by atoms with E-state index in [9.17, 15) is 4.79 Å². The van der Waals surface area contributed by atoms with E-state index in [-0.39, 0.29) is 11.9 Å². The molecule has 0 fully saturated rings. The van der Waals surface area contributed by atoms with Gasteiger partial charge in [0, 0.05) is 34.6 Å². The molecule has 4 rings (SSSR count). The Balaban J connectivity index is 1.47. The fourth-order valence-corrected chi connectivity index (χ4v) is 4.73. The lowest BCUT2D eigenvalue weighted by atomic mass is 10.2. The molecule has 1 amide bonds. The third-order valence-corrected chi connectivity index (χ3v) is 7.11. The number of halogens is 1. The van der Waals surface area contributed by atoms with Crippen molar-refractivity contribution in [3.05, 3.63) is 58.6 Å². The number of thioether (sulfide) groups is 1. The topological polar surface area (TPSA) is 72.7 Å². The van der Waals surface area contributed by atoms with Gasteiger partial charge in [-0.15, -0.1) is 10.2 Å². The molecule has 2 aromatic heterocycles. The summed E-state index contributed by atoms with van der Waals surface area (Å²) < 4.78 is 3.28. The minimum Gasteiger partial charge on any atom is -0.354 e. The number of amides is 1. The number of benzene rings is 2. The number of fused-ring (bicyclic) bond motifs is 3. The monoisotopic (exact) mass is 525 g/mol. The molecule has 2 heterocycles. The molecule has 6 nitrogen and oxygen atoms in total. The normalized spacial score (nSPS) is 12.3. The van der Waals surface area contributed by atoms with Gasteiger partial charge in [0.25, 0.3) is 0 Å². The summed E-state index contributed by atoms with van der Waals surface area (Å²) in [6.45, 7) is 4.82. The second-order valence-corrected chi connectivity index (χ2v) is 10.2. The van der Waals surface area contributed by atoms with Gasteiger partial charge < -0.3 is 9.88 Å². The molecule has 1 unspecified atom stereocenters. The van der Waals surface area contributed by atoms with Gasteiger partial charge in [-0.1, -0.05) is 64.9 Å². The Bertz CT molecular complexity index is 1240. The first kappa shape index (κ1) is 23.7. The number of rotatable bonds is 10. The summed E-state index contributed by atoms with van der Waals surface area (Å²) in [5.41, 5.74) is 3.98. The van der Waals surface area contributed by atoms with Crippen LogP contribution >= 0.6 is 27.7 Å². The molecule has 4 aromatic rings. The van der Waals surface area contributed by atoms with Crippen LogP contribution in [0.25, 0.3) is 22.1 Å². The SMILES string of the molecule is CCC(C)NC(=O)CCCCSc1nnc2c3ccccc3n(Cc3ccc(Br)cc3)c2n1. The van der Waals surface area contributed by atoms with E-state index >= 15 is 0 Å². The van der Waals surface area contributed by atoms with Gasteiger partial charge >= 0.3 is 0 Å². The molecule has 172 valence electrons. The number of hydrogen-bond donors (Lipinski definition) is 1. The molecule has 0 aliphatic heterocycles. The Hall–Kier alpha value is -2.45. The lowest BCUT2D eigenvalue weighted by Crippen LogP contribution is -2.31. The summed E-state index contributed by atoms with van der Waals surface area (Å²) in [6.07, 6.45) is 3.30. The van der Waals surface area contributed by atoms with Crippen LogP contribution in [0.5, 0.6) is 0 Å². The first-order valence-electron chi connectivity index (χ1n) is 11.3. The van der Waals surface area contributed by atoms with Crippen LogP contribution in [0, 0.1) is 0 Å². The number of nitrogens with zero attached hydrogens (tertiary/aromatic N) is 4. The molecule has 0 aliphatic rings. The molecule has 1 N–H and O–H groups in total. The van der Waals surface area contributed by atoms with Gasteiger partial charge in [-0.2, -0.15) is 0 Å². The zero-order valence-corrected chi connectivity index (χ0v) is 21.3. The highest BCUT2D eigenvalue weighted by Gasteiger charge is 2.15. The van der Waals surface area contributed by atoms with Crippen molar-refractivity contribution in [3.63, 3.8) is 0 Å². The second-order valence-electron chi connectivity index (χ2n) is 8.18. The third-order valence-electron chi connectivity index (χ3n) is 5.66. The Morgan fingerprint density at radius 1 is 1.12 bits per heavy atom. The second kappa shape index (κ2) is 11.1. The summed E-state index contributed by atoms with van der Waals surface area (Å²) in [7, 11) is 0. The average Bonchev–Trinajstić information content (AvgIpc) is 3.13. The zero-order chi connectivity index (χ0) is 23.2. The van der Waals surface area contributed by atoms with Gasteiger partial charge in [0.05, 0.1) is 5.52 Å². The molecular formula is C25H28BrN5OS. The van der Waals surface area contributed by atoms with E-state index in [2.05, 4.69) is 79.3 Å². The number of nitrogens with one attached hydrogen (secondary N) is 1. The quantitative estimate of drug-likeness (QED) is 0.204. The van der Waals surface area contributed by atoms with Crippen LogP contribution in [0.1, 0.15) is 45.1 Å². The lowest BCUT2D eigenvalue weighted by Gasteiger charge is -2.10. The van der Waals surface area contributed by atoms with E-state index in [1.807, 2.05) is 19.1 Å². The van der Waals surface area contributed by atoms with Crippen LogP contribution < -0.4 is 5.32 Å². The molecule has 0 spiro atoms. The smallest absolute Gasteiger partial charge is 0.220 e. The van der Waals surface area contributed by atoms with Crippen molar-refractivity contribution in [3.8, 4) is 0 Å². The molecule has 2 aromatic carbocycles. The Kier molecular flexibility index (Phi) is 7.98. The van der Waals surface area contributed by atoms with Crippen molar-refractivity contribution in [1.29, 1.82) is 0 Å². The van der Waals surface area contributed by atoms with Gasteiger partial charge in [-0.3, -0.25) is 4.79 Å². The van der Waals surface area contributed by atoms with Crippen LogP contribution in [0.15, 0.2) is 58.2 Å². The maximum atomic E-state index is 11.9. The number of aromatic nitrogens is 4. The molecule has 33 heavy (non-hydrogen) atoms. The highest BCUT2D eigenvalue weighted by Crippen LogP contribution is 2.28. The van der Waals surface area contributed by atoms with Gasteiger partial charge in [-0.05, 0) is 49.9 Å². The Morgan fingerprint density at radius 3 is 2.70 bits per heavy atom. The molecule has 1 atom stereocenters. The summed E-state index contributed by atoms with van der Waals surface area (Å²) in [5, 5.41) is 13.7. The van der Waals surface area contributed by atoms with Crippen molar-refractivity contribution in [2.75, 3.05) is 5.75 Å². The minimum absolute atomic E-state index is 0.131. The van der Waals surface area contributed by atoms with E-state index in [1.165, 1.54) is 5.56 Å². The lowest BCUT2D eigenvalue weighted by molar-refractivity contribution is -0.121. The number of carbonyl (C=O) groups excluding carboxylic acids is 1. The van der Waals surface area contributed by atoms with E-state index in [0.717, 1.165) is 51.6 Å². The Morgan fingerprint density at radius 2 is 1.91 bits per heavy atom.